The first-order chi connectivity index (χ1) is 8.08. The second-order valence-corrected chi connectivity index (χ2v) is 4.04. The van der Waals surface area contributed by atoms with Gasteiger partial charge >= 0.3 is 5.97 Å². The zero-order valence-electron chi connectivity index (χ0n) is 9.04. The lowest BCUT2D eigenvalue weighted by molar-refractivity contribution is -0.148. The summed E-state index contributed by atoms with van der Waals surface area (Å²) in [4.78, 5) is 30.5. The molecular formula is C10H13N3O4. The number of β-amino-alcohol motifs (C(OH)–C–C–N with tert-alkyl or cyclic N) is 1. The van der Waals surface area contributed by atoms with Crippen LogP contribution >= 0.6 is 0 Å². The van der Waals surface area contributed by atoms with Gasteiger partial charge in [0.05, 0.1) is 18.9 Å². The van der Waals surface area contributed by atoms with Gasteiger partial charge in [-0.25, -0.2) is 9.78 Å². The van der Waals surface area contributed by atoms with Crippen LogP contribution in [-0.2, 0) is 16.0 Å². The molecule has 1 saturated heterocycles. The lowest BCUT2D eigenvalue weighted by atomic mass is 10.1. The van der Waals surface area contributed by atoms with E-state index in [1.165, 1.54) is 17.4 Å². The van der Waals surface area contributed by atoms with Crippen LogP contribution in [0.25, 0.3) is 0 Å². The molecule has 92 valence electrons. The summed E-state index contributed by atoms with van der Waals surface area (Å²) in [6.07, 6.45) is 2.36. The molecule has 0 aliphatic carbocycles. The fourth-order valence-corrected chi connectivity index (χ4v) is 1.95. The Morgan fingerprint density at radius 2 is 2.47 bits per heavy atom. The van der Waals surface area contributed by atoms with Crippen molar-refractivity contribution >= 4 is 11.9 Å². The van der Waals surface area contributed by atoms with E-state index < -0.39 is 18.1 Å². The maximum atomic E-state index is 11.5. The van der Waals surface area contributed by atoms with Gasteiger partial charge in [-0.1, -0.05) is 0 Å². The fourth-order valence-electron chi connectivity index (χ4n) is 1.95. The Kier molecular flexibility index (Phi) is 3.10. The van der Waals surface area contributed by atoms with E-state index in [4.69, 9.17) is 5.11 Å². The molecule has 1 fully saturated rings. The first-order valence-corrected chi connectivity index (χ1v) is 5.25. The van der Waals surface area contributed by atoms with Crippen LogP contribution in [-0.4, -0.2) is 55.6 Å². The molecule has 0 radical (unpaired) electrons. The summed E-state index contributed by atoms with van der Waals surface area (Å²) in [7, 11) is 0. The maximum absolute atomic E-state index is 11.5. The van der Waals surface area contributed by atoms with Crippen molar-refractivity contribution in [3.8, 4) is 0 Å². The molecule has 2 heterocycles. The number of hydrogen-bond donors (Lipinski definition) is 3. The molecule has 1 aliphatic heterocycles. The maximum Gasteiger partial charge on any atom is 0.326 e. The highest BCUT2D eigenvalue weighted by atomic mass is 16.4. The molecule has 7 nitrogen and oxygen atoms in total. The zero-order chi connectivity index (χ0) is 12.4. The van der Waals surface area contributed by atoms with Crippen molar-refractivity contribution in [3.05, 3.63) is 18.2 Å². The SMILES string of the molecule is O=C(O)[C@H](Cc1cnc[nH]1)N1CC(O)CC1=O. The molecule has 0 bridgehead atoms. The third-order valence-corrected chi connectivity index (χ3v) is 2.77. The first-order valence-electron chi connectivity index (χ1n) is 5.25. The molecule has 1 unspecified atom stereocenters. The van der Waals surface area contributed by atoms with Crippen LogP contribution in [0.3, 0.4) is 0 Å². The van der Waals surface area contributed by atoms with Crippen molar-refractivity contribution in [1.82, 2.24) is 14.9 Å². The number of carboxylic acid groups (broad SMARTS) is 1. The summed E-state index contributed by atoms with van der Waals surface area (Å²) in [6.45, 7) is 0.0734. The summed E-state index contributed by atoms with van der Waals surface area (Å²) in [6, 6.07) is -0.958. The average Bonchev–Trinajstić information content (AvgIpc) is 2.84. The first kappa shape index (κ1) is 11.6. The van der Waals surface area contributed by atoms with Gasteiger partial charge in [-0.3, -0.25) is 4.79 Å². The van der Waals surface area contributed by atoms with Crippen molar-refractivity contribution in [2.75, 3.05) is 6.54 Å². The number of nitrogens with zero attached hydrogens (tertiary/aromatic N) is 2. The molecule has 0 saturated carbocycles. The number of aliphatic hydroxyl groups is 1. The van der Waals surface area contributed by atoms with Crippen molar-refractivity contribution in [2.24, 2.45) is 0 Å². The predicted octanol–water partition coefficient (Wildman–Crippen LogP) is -1.00. The molecule has 1 aliphatic rings. The number of hydrogen-bond acceptors (Lipinski definition) is 4. The van der Waals surface area contributed by atoms with Gasteiger partial charge < -0.3 is 20.1 Å². The number of aliphatic carboxylic acids is 1. The average molecular weight is 239 g/mol. The second kappa shape index (κ2) is 4.54. The largest absolute Gasteiger partial charge is 0.480 e. The van der Waals surface area contributed by atoms with Gasteiger partial charge in [-0.05, 0) is 0 Å². The van der Waals surface area contributed by atoms with E-state index >= 15 is 0 Å². The van der Waals surface area contributed by atoms with Gasteiger partial charge in [0.25, 0.3) is 0 Å². The number of aliphatic hydroxyl groups excluding tert-OH is 1. The highest BCUT2D eigenvalue weighted by molar-refractivity contribution is 5.85. The van der Waals surface area contributed by atoms with E-state index in [1.807, 2.05) is 0 Å². The van der Waals surface area contributed by atoms with Crippen LogP contribution < -0.4 is 0 Å². The Labute approximate surface area is 97.1 Å². The van der Waals surface area contributed by atoms with Crippen LogP contribution in [0.1, 0.15) is 12.1 Å². The summed E-state index contributed by atoms with van der Waals surface area (Å²) in [5.74, 6) is -1.41. The zero-order valence-corrected chi connectivity index (χ0v) is 9.04. The number of likely N-dealkylation sites (tertiary alicyclic amines) is 1. The number of imidazole rings is 1. The fraction of sp³-hybridized carbons (Fsp3) is 0.500. The number of amides is 1. The molecule has 0 spiro atoms. The molecule has 1 amide bonds. The summed E-state index contributed by atoms with van der Waals surface area (Å²) in [5.41, 5.74) is 0.645. The highest BCUT2D eigenvalue weighted by Gasteiger charge is 2.37. The minimum absolute atomic E-state index is 0.00719. The number of carboxylic acids is 1. The number of carbonyl (C=O) groups is 2. The van der Waals surface area contributed by atoms with Gasteiger partial charge in [-0.2, -0.15) is 0 Å². The summed E-state index contributed by atoms with van der Waals surface area (Å²) >= 11 is 0. The third-order valence-electron chi connectivity index (χ3n) is 2.77. The van der Waals surface area contributed by atoms with Crippen molar-refractivity contribution in [3.63, 3.8) is 0 Å². The van der Waals surface area contributed by atoms with E-state index in [0.717, 1.165) is 0 Å². The lowest BCUT2D eigenvalue weighted by Gasteiger charge is -2.23. The van der Waals surface area contributed by atoms with Crippen LogP contribution in [0, 0.1) is 0 Å². The minimum Gasteiger partial charge on any atom is -0.480 e. The molecule has 17 heavy (non-hydrogen) atoms. The normalized spacial score (nSPS) is 21.8. The Balaban J connectivity index is 2.12. The number of aromatic amines is 1. The minimum atomic E-state index is -1.08. The smallest absolute Gasteiger partial charge is 0.326 e. The third kappa shape index (κ3) is 2.44. The van der Waals surface area contributed by atoms with Gasteiger partial charge in [0.1, 0.15) is 6.04 Å². The Morgan fingerprint density at radius 3 is 2.94 bits per heavy atom. The molecule has 1 aromatic heterocycles. The van der Waals surface area contributed by atoms with Crippen LogP contribution in [0.5, 0.6) is 0 Å². The van der Waals surface area contributed by atoms with Gasteiger partial charge in [0, 0.05) is 24.9 Å². The van der Waals surface area contributed by atoms with E-state index in [0.29, 0.717) is 5.69 Å². The summed E-state index contributed by atoms with van der Waals surface area (Å²) < 4.78 is 0. The molecule has 7 heteroatoms. The number of carbonyl (C=O) groups excluding carboxylic acids is 1. The number of H-pyrrole nitrogens is 1. The predicted molar refractivity (Wildman–Crippen MR) is 56.1 cm³/mol. The van der Waals surface area contributed by atoms with Gasteiger partial charge in [0.15, 0.2) is 0 Å². The Hall–Kier alpha value is -1.89. The summed E-state index contributed by atoms with van der Waals surface area (Å²) in [5, 5.41) is 18.5. The number of nitrogens with one attached hydrogen (secondary N) is 1. The lowest BCUT2D eigenvalue weighted by Crippen LogP contribution is -2.44. The van der Waals surface area contributed by atoms with Crippen molar-refractivity contribution < 1.29 is 19.8 Å². The molecule has 2 atom stereocenters. The topological polar surface area (TPSA) is 107 Å². The van der Waals surface area contributed by atoms with E-state index in [9.17, 15) is 14.7 Å². The second-order valence-electron chi connectivity index (χ2n) is 4.04. The van der Waals surface area contributed by atoms with Gasteiger partial charge in [0.2, 0.25) is 5.91 Å². The monoisotopic (exact) mass is 239 g/mol. The van der Waals surface area contributed by atoms with E-state index in [1.54, 1.807) is 0 Å². The Bertz CT molecular complexity index is 417. The molecular weight excluding hydrogens is 226 g/mol. The van der Waals surface area contributed by atoms with E-state index in [2.05, 4.69) is 9.97 Å². The number of aromatic nitrogens is 2. The highest BCUT2D eigenvalue weighted by Crippen LogP contribution is 2.17. The molecule has 1 aromatic rings. The number of rotatable bonds is 4. The van der Waals surface area contributed by atoms with Crippen molar-refractivity contribution in [2.45, 2.75) is 25.0 Å². The Morgan fingerprint density at radius 1 is 1.71 bits per heavy atom. The molecule has 2 rings (SSSR count). The van der Waals surface area contributed by atoms with E-state index in [-0.39, 0.29) is 25.3 Å². The standard InChI is InChI=1S/C10H13N3O4/c14-7-2-9(15)13(4-7)8(10(16)17)1-6-3-11-5-12-6/h3,5,7-8,14H,1-2,4H2,(H,11,12)(H,16,17)/t7?,8-/m0/s1. The van der Waals surface area contributed by atoms with Gasteiger partial charge in [-0.15, -0.1) is 0 Å². The molecule has 0 aromatic carbocycles. The van der Waals surface area contributed by atoms with Crippen molar-refractivity contribution in [1.29, 1.82) is 0 Å². The van der Waals surface area contributed by atoms with Crippen LogP contribution in [0.2, 0.25) is 0 Å². The molecule has 3 N–H and O–H groups in total. The van der Waals surface area contributed by atoms with Crippen LogP contribution in [0.4, 0.5) is 0 Å². The quantitative estimate of drug-likeness (QED) is 0.624. The van der Waals surface area contributed by atoms with Crippen LogP contribution in [0.15, 0.2) is 12.5 Å².